The number of nitrogens with zero attached hydrogens (tertiary/aromatic N) is 4. The molecular weight excluding hydrogens is 475 g/mol. The number of rotatable bonds is 5. The van der Waals surface area contributed by atoms with Crippen molar-refractivity contribution in [3.63, 3.8) is 0 Å². The quantitative estimate of drug-likeness (QED) is 0.349. The lowest BCUT2D eigenvalue weighted by Gasteiger charge is -2.10. The summed E-state index contributed by atoms with van der Waals surface area (Å²) in [6.45, 7) is 3.95. The van der Waals surface area contributed by atoms with Crippen molar-refractivity contribution in [3.05, 3.63) is 75.9 Å². The molecule has 1 N–H and O–H groups in total. The maximum Gasteiger partial charge on any atom is 0.435 e. The van der Waals surface area contributed by atoms with Crippen molar-refractivity contribution < 1.29 is 18.0 Å². The Hall–Kier alpha value is -3.24. The fraction of sp³-hybridized carbons (Fsp3) is 0.182. The Labute approximate surface area is 196 Å². The summed E-state index contributed by atoms with van der Waals surface area (Å²) in [4.78, 5) is 12.6. The molecule has 4 rings (SSSR count). The van der Waals surface area contributed by atoms with Gasteiger partial charge in [0.1, 0.15) is 5.01 Å². The second-order valence-electron chi connectivity index (χ2n) is 7.41. The summed E-state index contributed by atoms with van der Waals surface area (Å²) in [6.07, 6.45) is -4.63. The molecule has 0 unspecified atom stereocenters. The van der Waals surface area contributed by atoms with Crippen molar-refractivity contribution in [2.24, 2.45) is 0 Å². The molecule has 1 amide bonds. The van der Waals surface area contributed by atoms with Crippen LogP contribution in [0.1, 0.15) is 40.8 Å². The van der Waals surface area contributed by atoms with E-state index in [-0.39, 0.29) is 16.6 Å². The number of alkyl halides is 3. The van der Waals surface area contributed by atoms with E-state index in [1.807, 2.05) is 13.8 Å². The Morgan fingerprint density at radius 2 is 1.79 bits per heavy atom. The van der Waals surface area contributed by atoms with Gasteiger partial charge in [0, 0.05) is 17.0 Å². The van der Waals surface area contributed by atoms with Crippen LogP contribution in [0.15, 0.2) is 54.6 Å². The van der Waals surface area contributed by atoms with E-state index in [4.69, 9.17) is 11.6 Å². The first-order valence-electron chi connectivity index (χ1n) is 9.81. The van der Waals surface area contributed by atoms with E-state index in [1.165, 1.54) is 23.5 Å². The number of aromatic nitrogens is 4. The molecule has 2 aromatic carbocycles. The molecule has 0 saturated heterocycles. The first kappa shape index (κ1) is 22.9. The summed E-state index contributed by atoms with van der Waals surface area (Å²) >= 11 is 7.49. The maximum absolute atomic E-state index is 13.4. The normalized spacial score (nSPS) is 11.7. The largest absolute Gasteiger partial charge is 0.435 e. The number of anilines is 1. The van der Waals surface area contributed by atoms with Crippen molar-refractivity contribution in [3.8, 4) is 16.9 Å². The number of hydrogen-bond acceptors (Lipinski definition) is 5. The van der Waals surface area contributed by atoms with Crippen LogP contribution in [0.3, 0.4) is 0 Å². The number of hydrogen-bond donors (Lipinski definition) is 1. The van der Waals surface area contributed by atoms with Crippen LogP contribution in [0.2, 0.25) is 5.02 Å². The van der Waals surface area contributed by atoms with Gasteiger partial charge in [-0.1, -0.05) is 61.1 Å². The maximum atomic E-state index is 13.4. The first-order valence-corrected chi connectivity index (χ1v) is 11.0. The summed E-state index contributed by atoms with van der Waals surface area (Å²) in [7, 11) is 0. The summed E-state index contributed by atoms with van der Waals surface area (Å²) in [6, 6.07) is 13.6. The van der Waals surface area contributed by atoms with Gasteiger partial charge in [-0.15, -0.1) is 10.2 Å². The minimum Gasteiger partial charge on any atom is -0.296 e. The molecule has 0 radical (unpaired) electrons. The molecule has 0 atom stereocenters. The van der Waals surface area contributed by atoms with Crippen molar-refractivity contribution in [2.45, 2.75) is 25.9 Å². The average Bonchev–Trinajstić information content (AvgIpc) is 3.42. The van der Waals surface area contributed by atoms with Crippen LogP contribution >= 0.6 is 22.9 Å². The summed E-state index contributed by atoms with van der Waals surface area (Å²) < 4.78 is 41.3. The fourth-order valence-electron chi connectivity index (χ4n) is 3.01. The van der Waals surface area contributed by atoms with E-state index >= 15 is 0 Å². The molecule has 33 heavy (non-hydrogen) atoms. The second-order valence-corrected chi connectivity index (χ2v) is 8.82. The average molecular weight is 492 g/mol. The number of nitrogens with one attached hydrogen (secondary N) is 1. The minimum absolute atomic E-state index is 0.188. The molecule has 0 aliphatic carbocycles. The summed E-state index contributed by atoms with van der Waals surface area (Å²) in [5.74, 6) is -0.208. The molecule has 6 nitrogen and oxygen atoms in total. The van der Waals surface area contributed by atoms with E-state index in [0.717, 1.165) is 15.8 Å². The van der Waals surface area contributed by atoms with Crippen molar-refractivity contribution in [1.29, 1.82) is 0 Å². The monoisotopic (exact) mass is 491 g/mol. The van der Waals surface area contributed by atoms with E-state index in [1.54, 1.807) is 36.4 Å². The van der Waals surface area contributed by atoms with Crippen LogP contribution in [-0.4, -0.2) is 25.9 Å². The molecule has 0 aliphatic heterocycles. The Bertz CT molecular complexity index is 1300. The molecule has 0 bridgehead atoms. The van der Waals surface area contributed by atoms with E-state index in [0.29, 0.717) is 21.9 Å². The molecule has 0 spiro atoms. The molecule has 0 saturated carbocycles. The topological polar surface area (TPSA) is 72.7 Å². The van der Waals surface area contributed by atoms with Gasteiger partial charge in [0.2, 0.25) is 5.13 Å². The summed E-state index contributed by atoms with van der Waals surface area (Å²) in [5, 5.41) is 15.8. The highest BCUT2D eigenvalue weighted by atomic mass is 35.5. The number of para-hydroxylation sites is 1. The van der Waals surface area contributed by atoms with Gasteiger partial charge in [0.05, 0.1) is 16.4 Å². The molecular formula is C22H17ClF3N5OS. The van der Waals surface area contributed by atoms with Gasteiger partial charge < -0.3 is 0 Å². The number of halogens is 4. The first-order chi connectivity index (χ1) is 15.6. The van der Waals surface area contributed by atoms with E-state index < -0.39 is 17.8 Å². The number of benzene rings is 2. The van der Waals surface area contributed by atoms with Crippen molar-refractivity contribution in [1.82, 2.24) is 20.0 Å². The molecule has 2 heterocycles. The standard InChI is InChI=1S/C22H17ClF3N5OS/c1-12(2)20-28-29-21(33-20)27-19(32)14-9-7-13(8-10-14)17-11-18(22(24,25)26)30-31(17)16-6-4-3-5-15(16)23/h3-12H,1-2H3,(H,27,29,32). The van der Waals surface area contributed by atoms with Crippen LogP contribution in [0, 0.1) is 0 Å². The number of amides is 1. The predicted octanol–water partition coefficient (Wildman–Crippen LogP) is 6.44. The highest BCUT2D eigenvalue weighted by Gasteiger charge is 2.35. The van der Waals surface area contributed by atoms with Crippen LogP contribution in [0.5, 0.6) is 0 Å². The highest BCUT2D eigenvalue weighted by molar-refractivity contribution is 7.15. The lowest BCUT2D eigenvalue weighted by molar-refractivity contribution is -0.141. The Morgan fingerprint density at radius 3 is 2.39 bits per heavy atom. The van der Waals surface area contributed by atoms with Crippen LogP contribution in [0.25, 0.3) is 16.9 Å². The summed E-state index contributed by atoms with van der Waals surface area (Å²) in [5.41, 5.74) is 0.209. The highest BCUT2D eigenvalue weighted by Crippen LogP contribution is 2.34. The van der Waals surface area contributed by atoms with Crippen LogP contribution < -0.4 is 5.32 Å². The Balaban J connectivity index is 1.65. The molecule has 0 aliphatic rings. The lowest BCUT2D eigenvalue weighted by Crippen LogP contribution is -2.11. The zero-order valence-corrected chi connectivity index (χ0v) is 19.0. The second kappa shape index (κ2) is 8.95. The lowest BCUT2D eigenvalue weighted by atomic mass is 10.1. The zero-order chi connectivity index (χ0) is 23.8. The van der Waals surface area contributed by atoms with Gasteiger partial charge in [-0.3, -0.25) is 10.1 Å². The van der Waals surface area contributed by atoms with Gasteiger partial charge in [-0.05, 0) is 30.3 Å². The van der Waals surface area contributed by atoms with Gasteiger partial charge >= 0.3 is 6.18 Å². The molecule has 11 heteroatoms. The fourth-order valence-corrected chi connectivity index (χ4v) is 3.97. The van der Waals surface area contributed by atoms with Gasteiger partial charge in [0.25, 0.3) is 5.91 Å². The number of carbonyl (C=O) groups is 1. The molecule has 170 valence electrons. The van der Waals surface area contributed by atoms with Gasteiger partial charge in [-0.2, -0.15) is 18.3 Å². The Morgan fingerprint density at radius 1 is 1.09 bits per heavy atom. The van der Waals surface area contributed by atoms with Crippen LogP contribution in [0.4, 0.5) is 18.3 Å². The van der Waals surface area contributed by atoms with Crippen molar-refractivity contribution in [2.75, 3.05) is 5.32 Å². The zero-order valence-electron chi connectivity index (χ0n) is 17.4. The molecule has 0 fully saturated rings. The third-order valence-electron chi connectivity index (χ3n) is 4.68. The SMILES string of the molecule is CC(C)c1nnc(NC(=O)c2ccc(-c3cc(C(F)(F)F)nn3-c3ccccc3Cl)cc2)s1. The molecule has 2 aromatic heterocycles. The number of carbonyl (C=O) groups excluding carboxylic acids is 1. The predicted molar refractivity (Wildman–Crippen MR) is 121 cm³/mol. The smallest absolute Gasteiger partial charge is 0.296 e. The van der Waals surface area contributed by atoms with E-state index in [9.17, 15) is 18.0 Å². The van der Waals surface area contributed by atoms with E-state index in [2.05, 4.69) is 20.6 Å². The Kier molecular flexibility index (Phi) is 6.22. The van der Waals surface area contributed by atoms with Gasteiger partial charge in [0.15, 0.2) is 5.69 Å². The van der Waals surface area contributed by atoms with Crippen molar-refractivity contribution >= 4 is 34.0 Å². The molecule has 4 aromatic rings. The minimum atomic E-state index is -4.63. The third kappa shape index (κ3) is 4.91. The van der Waals surface area contributed by atoms with Crippen LogP contribution in [-0.2, 0) is 6.18 Å². The third-order valence-corrected chi connectivity index (χ3v) is 6.14. The van der Waals surface area contributed by atoms with Gasteiger partial charge in [-0.25, -0.2) is 4.68 Å².